The third-order valence-corrected chi connectivity index (χ3v) is 3.43. The lowest BCUT2D eigenvalue weighted by molar-refractivity contribution is -0.119. The molecular formula is C10H16N4OS. The number of rotatable bonds is 2. The molecule has 1 aliphatic heterocycles. The van der Waals surface area contributed by atoms with Crippen LogP contribution in [0.15, 0.2) is 5.38 Å². The van der Waals surface area contributed by atoms with Crippen molar-refractivity contribution in [3.63, 3.8) is 0 Å². The molecule has 0 aromatic carbocycles. The lowest BCUT2D eigenvalue weighted by atomic mass is 10.3. The molecule has 1 aromatic rings. The summed E-state index contributed by atoms with van der Waals surface area (Å²) < 4.78 is 0. The number of carbonyl (C=O) groups is 1. The van der Waals surface area contributed by atoms with Crippen molar-refractivity contribution in [1.82, 2.24) is 10.3 Å². The smallest absolute Gasteiger partial charge is 0.239 e. The summed E-state index contributed by atoms with van der Waals surface area (Å²) in [6.45, 7) is 3.92. The molecule has 16 heavy (non-hydrogen) atoms. The molecule has 1 saturated heterocycles. The monoisotopic (exact) mass is 240 g/mol. The number of nitrogens with one attached hydrogen (secondary N) is 1. The zero-order chi connectivity index (χ0) is 11.5. The molecule has 1 unspecified atom stereocenters. The van der Waals surface area contributed by atoms with Gasteiger partial charge in [0.05, 0.1) is 12.2 Å². The summed E-state index contributed by atoms with van der Waals surface area (Å²) in [6.07, 6.45) is 0.957. The predicted molar refractivity (Wildman–Crippen MR) is 64.6 cm³/mol. The van der Waals surface area contributed by atoms with Gasteiger partial charge >= 0.3 is 0 Å². The van der Waals surface area contributed by atoms with Crippen molar-refractivity contribution >= 4 is 22.4 Å². The quantitative estimate of drug-likeness (QED) is 0.789. The SMILES string of the molecule is CC(N)c1csc(N2CCCNC(=O)C2)n1. The van der Waals surface area contributed by atoms with Crippen LogP contribution in [0.5, 0.6) is 0 Å². The molecular weight excluding hydrogens is 224 g/mol. The van der Waals surface area contributed by atoms with E-state index in [1.165, 1.54) is 0 Å². The molecule has 88 valence electrons. The van der Waals surface area contributed by atoms with Crippen molar-refractivity contribution in [2.45, 2.75) is 19.4 Å². The second kappa shape index (κ2) is 4.80. The molecule has 1 fully saturated rings. The van der Waals surface area contributed by atoms with E-state index in [9.17, 15) is 4.79 Å². The zero-order valence-electron chi connectivity index (χ0n) is 9.27. The van der Waals surface area contributed by atoms with Gasteiger partial charge in [-0.15, -0.1) is 11.3 Å². The van der Waals surface area contributed by atoms with E-state index in [0.29, 0.717) is 6.54 Å². The van der Waals surface area contributed by atoms with Gasteiger partial charge in [0.25, 0.3) is 0 Å². The molecule has 1 amide bonds. The van der Waals surface area contributed by atoms with Gasteiger partial charge in [0.2, 0.25) is 5.91 Å². The van der Waals surface area contributed by atoms with Crippen LogP contribution in [0.2, 0.25) is 0 Å². The number of carbonyl (C=O) groups excluding carboxylic acids is 1. The Morgan fingerprint density at radius 2 is 2.50 bits per heavy atom. The minimum atomic E-state index is -0.0502. The normalized spacial score (nSPS) is 19.1. The summed E-state index contributed by atoms with van der Waals surface area (Å²) in [5.41, 5.74) is 6.65. The Hall–Kier alpha value is -1.14. The Morgan fingerprint density at radius 1 is 1.69 bits per heavy atom. The summed E-state index contributed by atoms with van der Waals surface area (Å²) in [6, 6.07) is -0.0502. The van der Waals surface area contributed by atoms with E-state index >= 15 is 0 Å². The van der Waals surface area contributed by atoms with Crippen molar-refractivity contribution in [2.75, 3.05) is 24.5 Å². The van der Waals surface area contributed by atoms with Crippen LogP contribution >= 0.6 is 11.3 Å². The van der Waals surface area contributed by atoms with Crippen LogP contribution in [0.1, 0.15) is 25.1 Å². The van der Waals surface area contributed by atoms with E-state index in [2.05, 4.69) is 10.3 Å². The van der Waals surface area contributed by atoms with Gasteiger partial charge in [0.1, 0.15) is 0 Å². The van der Waals surface area contributed by atoms with Crippen LogP contribution in [0, 0.1) is 0 Å². The van der Waals surface area contributed by atoms with Gasteiger partial charge in [0, 0.05) is 24.5 Å². The highest BCUT2D eigenvalue weighted by Gasteiger charge is 2.18. The number of nitrogens with two attached hydrogens (primary N) is 1. The van der Waals surface area contributed by atoms with Crippen molar-refractivity contribution in [1.29, 1.82) is 0 Å². The van der Waals surface area contributed by atoms with Gasteiger partial charge in [-0.1, -0.05) is 0 Å². The van der Waals surface area contributed by atoms with E-state index in [4.69, 9.17) is 5.73 Å². The molecule has 3 N–H and O–H groups in total. The van der Waals surface area contributed by atoms with Crippen molar-refractivity contribution < 1.29 is 4.79 Å². The van der Waals surface area contributed by atoms with Gasteiger partial charge in [0.15, 0.2) is 5.13 Å². The molecule has 2 heterocycles. The largest absolute Gasteiger partial charge is 0.354 e. The number of thiazole rings is 1. The summed E-state index contributed by atoms with van der Waals surface area (Å²) in [7, 11) is 0. The Labute approximate surface area is 98.7 Å². The zero-order valence-corrected chi connectivity index (χ0v) is 10.1. The number of amides is 1. The number of anilines is 1. The van der Waals surface area contributed by atoms with Crippen molar-refractivity contribution in [3.05, 3.63) is 11.1 Å². The molecule has 0 radical (unpaired) electrons. The standard InChI is InChI=1S/C10H16N4OS/c1-7(11)8-6-16-10(13-8)14-4-2-3-12-9(15)5-14/h6-7H,2-5,11H2,1H3,(H,12,15). The van der Waals surface area contributed by atoms with Crippen molar-refractivity contribution in [2.24, 2.45) is 5.73 Å². The van der Waals surface area contributed by atoms with Gasteiger partial charge in [-0.05, 0) is 13.3 Å². The molecule has 0 saturated carbocycles. The first kappa shape index (κ1) is 11.3. The van der Waals surface area contributed by atoms with Crippen LogP contribution in [0.25, 0.3) is 0 Å². The molecule has 6 heteroatoms. The molecule has 0 spiro atoms. The maximum Gasteiger partial charge on any atom is 0.239 e. The number of aromatic nitrogens is 1. The fourth-order valence-corrected chi connectivity index (χ4v) is 2.56. The molecule has 5 nitrogen and oxygen atoms in total. The van der Waals surface area contributed by atoms with Gasteiger partial charge in [-0.2, -0.15) is 0 Å². The summed E-state index contributed by atoms with van der Waals surface area (Å²) in [5.74, 6) is 0.0649. The lowest BCUT2D eigenvalue weighted by Crippen LogP contribution is -2.33. The predicted octanol–water partition coefficient (Wildman–Crippen LogP) is 0.489. The van der Waals surface area contributed by atoms with Gasteiger partial charge in [-0.25, -0.2) is 4.98 Å². The van der Waals surface area contributed by atoms with Crippen LogP contribution in [-0.4, -0.2) is 30.5 Å². The molecule has 1 aliphatic rings. The fourth-order valence-electron chi connectivity index (χ4n) is 1.60. The average Bonchev–Trinajstić information content (AvgIpc) is 2.63. The number of hydrogen-bond acceptors (Lipinski definition) is 5. The maximum atomic E-state index is 11.4. The molecule has 1 aromatic heterocycles. The van der Waals surface area contributed by atoms with E-state index in [1.807, 2.05) is 17.2 Å². The first-order valence-corrected chi connectivity index (χ1v) is 6.27. The highest BCUT2D eigenvalue weighted by molar-refractivity contribution is 7.13. The van der Waals surface area contributed by atoms with Crippen LogP contribution in [-0.2, 0) is 4.79 Å². The van der Waals surface area contributed by atoms with Gasteiger partial charge in [-0.3, -0.25) is 4.79 Å². The fraction of sp³-hybridized carbons (Fsp3) is 0.600. The first-order chi connectivity index (χ1) is 7.66. The Kier molecular flexibility index (Phi) is 3.40. The third-order valence-electron chi connectivity index (χ3n) is 2.51. The summed E-state index contributed by atoms with van der Waals surface area (Å²) in [5, 5.41) is 5.70. The molecule has 2 rings (SSSR count). The molecule has 0 aliphatic carbocycles. The van der Waals surface area contributed by atoms with Crippen molar-refractivity contribution in [3.8, 4) is 0 Å². The number of hydrogen-bond donors (Lipinski definition) is 2. The summed E-state index contributed by atoms with van der Waals surface area (Å²) >= 11 is 1.55. The third kappa shape index (κ3) is 2.51. The minimum Gasteiger partial charge on any atom is -0.354 e. The highest BCUT2D eigenvalue weighted by Crippen LogP contribution is 2.23. The summed E-state index contributed by atoms with van der Waals surface area (Å²) in [4.78, 5) is 17.9. The van der Waals surface area contributed by atoms with Crippen LogP contribution in [0.4, 0.5) is 5.13 Å². The van der Waals surface area contributed by atoms with Crippen LogP contribution in [0.3, 0.4) is 0 Å². The van der Waals surface area contributed by atoms with Crippen LogP contribution < -0.4 is 16.0 Å². The van der Waals surface area contributed by atoms with E-state index in [0.717, 1.165) is 30.3 Å². The first-order valence-electron chi connectivity index (χ1n) is 5.39. The second-order valence-corrected chi connectivity index (χ2v) is 4.81. The molecule has 1 atom stereocenters. The maximum absolute atomic E-state index is 11.4. The highest BCUT2D eigenvalue weighted by atomic mass is 32.1. The minimum absolute atomic E-state index is 0.0502. The Balaban J connectivity index is 2.12. The van der Waals surface area contributed by atoms with E-state index < -0.39 is 0 Å². The second-order valence-electron chi connectivity index (χ2n) is 3.97. The Bertz CT molecular complexity index is 377. The topological polar surface area (TPSA) is 71.2 Å². The van der Waals surface area contributed by atoms with E-state index in [-0.39, 0.29) is 11.9 Å². The lowest BCUT2D eigenvalue weighted by Gasteiger charge is -2.17. The van der Waals surface area contributed by atoms with Gasteiger partial charge < -0.3 is 16.0 Å². The number of nitrogens with zero attached hydrogens (tertiary/aromatic N) is 2. The average molecular weight is 240 g/mol. The molecule has 0 bridgehead atoms. The Morgan fingerprint density at radius 3 is 3.19 bits per heavy atom. The van der Waals surface area contributed by atoms with E-state index in [1.54, 1.807) is 11.3 Å².